The first-order chi connectivity index (χ1) is 5.91. The normalized spacial score (nSPS) is 9.00. The van der Waals surface area contributed by atoms with Gasteiger partial charge in [0.05, 0.1) is 0 Å². The molecule has 1 heteroatoms. The fourth-order valence-electron chi connectivity index (χ4n) is 0.739. The van der Waals surface area contributed by atoms with Gasteiger partial charge in [-0.25, -0.2) is 0 Å². The Morgan fingerprint density at radius 1 is 1.17 bits per heavy atom. The lowest BCUT2D eigenvalue weighted by molar-refractivity contribution is -0.107. The molecule has 0 amide bonds. The fourth-order valence-corrected chi connectivity index (χ4v) is 0.739. The van der Waals surface area contributed by atoms with Gasteiger partial charge in [-0.2, -0.15) is 0 Å². The van der Waals surface area contributed by atoms with Crippen LogP contribution in [0.25, 0.3) is 0 Å². The molecule has 64 valence electrons. The van der Waals surface area contributed by atoms with Gasteiger partial charge in [0.1, 0.15) is 6.29 Å². The molecule has 0 N–H and O–H groups in total. The van der Waals surface area contributed by atoms with Crippen LogP contribution >= 0.6 is 0 Å². The third kappa shape index (κ3) is 8.71. The first kappa shape index (κ1) is 10.7. The number of hydrogen-bond donors (Lipinski definition) is 0. The van der Waals surface area contributed by atoms with Crippen LogP contribution in [0.5, 0.6) is 0 Å². The van der Waals surface area contributed by atoms with Crippen molar-refractivity contribution in [2.45, 2.75) is 25.7 Å². The maximum absolute atomic E-state index is 9.93. The van der Waals surface area contributed by atoms with Crippen LogP contribution in [0.1, 0.15) is 25.7 Å². The van der Waals surface area contributed by atoms with Crippen LogP contribution in [0.4, 0.5) is 0 Å². The van der Waals surface area contributed by atoms with Crippen molar-refractivity contribution in [2.24, 2.45) is 0 Å². The van der Waals surface area contributed by atoms with Gasteiger partial charge >= 0.3 is 0 Å². The van der Waals surface area contributed by atoms with E-state index in [1.807, 2.05) is 12.2 Å². The van der Waals surface area contributed by atoms with E-state index in [2.05, 4.69) is 18.4 Å². The van der Waals surface area contributed by atoms with E-state index in [0.29, 0.717) is 6.42 Å². The molecule has 0 bridgehead atoms. The number of hydrogen-bond acceptors (Lipinski definition) is 1. The van der Waals surface area contributed by atoms with Crippen LogP contribution in [0, 0.1) is 11.8 Å². The van der Waals surface area contributed by atoms with E-state index in [9.17, 15) is 4.79 Å². The highest BCUT2D eigenvalue weighted by molar-refractivity contribution is 5.48. The lowest BCUT2D eigenvalue weighted by Crippen LogP contribution is -1.75. The van der Waals surface area contributed by atoms with Crippen molar-refractivity contribution in [2.75, 3.05) is 0 Å². The van der Waals surface area contributed by atoms with Crippen LogP contribution in [0.2, 0.25) is 0 Å². The quantitative estimate of drug-likeness (QED) is 0.345. The zero-order valence-electron chi connectivity index (χ0n) is 7.25. The van der Waals surface area contributed by atoms with Crippen LogP contribution < -0.4 is 0 Å². The van der Waals surface area contributed by atoms with E-state index in [0.717, 1.165) is 25.5 Å². The molecule has 0 spiro atoms. The van der Waals surface area contributed by atoms with Crippen molar-refractivity contribution in [3.8, 4) is 11.8 Å². The zero-order valence-corrected chi connectivity index (χ0v) is 7.25. The second kappa shape index (κ2) is 9.71. The van der Waals surface area contributed by atoms with Gasteiger partial charge in [-0.3, -0.25) is 0 Å². The Balaban J connectivity index is 3.24. The zero-order chi connectivity index (χ0) is 9.07. The molecule has 0 rings (SSSR count). The summed E-state index contributed by atoms with van der Waals surface area (Å²) in [4.78, 5) is 9.93. The number of unbranched alkanes of at least 4 members (excludes halogenated alkanes) is 3. The molecule has 0 saturated heterocycles. The molecule has 0 aliphatic carbocycles. The van der Waals surface area contributed by atoms with Gasteiger partial charge in [-0.1, -0.05) is 24.5 Å². The first-order valence-corrected chi connectivity index (χ1v) is 4.12. The molecular formula is C11H14O. The predicted octanol–water partition coefficient (Wildman–Crippen LogP) is 2.49. The molecule has 0 radical (unpaired) electrons. The van der Waals surface area contributed by atoms with Crippen molar-refractivity contribution in [1.29, 1.82) is 0 Å². The largest absolute Gasteiger partial charge is 0.303 e. The summed E-state index contributed by atoms with van der Waals surface area (Å²) >= 11 is 0. The van der Waals surface area contributed by atoms with E-state index in [-0.39, 0.29) is 0 Å². The van der Waals surface area contributed by atoms with Crippen molar-refractivity contribution in [1.82, 2.24) is 0 Å². The van der Waals surface area contributed by atoms with Crippen LogP contribution in [-0.2, 0) is 4.79 Å². The minimum Gasteiger partial charge on any atom is -0.303 e. The fraction of sp³-hybridized carbons (Fsp3) is 0.364. The van der Waals surface area contributed by atoms with E-state index in [4.69, 9.17) is 0 Å². The Bertz CT molecular complexity index is 203. The SMILES string of the molecule is C=CC#CC=CCCCCC=O. The van der Waals surface area contributed by atoms with Gasteiger partial charge in [0.25, 0.3) is 0 Å². The Labute approximate surface area is 74.2 Å². The van der Waals surface area contributed by atoms with Crippen molar-refractivity contribution in [3.63, 3.8) is 0 Å². The van der Waals surface area contributed by atoms with Crippen molar-refractivity contribution >= 4 is 6.29 Å². The highest BCUT2D eigenvalue weighted by Gasteiger charge is 1.82. The lowest BCUT2D eigenvalue weighted by atomic mass is 10.2. The number of rotatable bonds is 5. The second-order valence-corrected chi connectivity index (χ2v) is 2.35. The summed E-state index contributed by atoms with van der Waals surface area (Å²) in [5.41, 5.74) is 0. The molecule has 0 aromatic rings. The van der Waals surface area contributed by atoms with Crippen LogP contribution in [0.3, 0.4) is 0 Å². The molecule has 12 heavy (non-hydrogen) atoms. The minimum atomic E-state index is 0.673. The van der Waals surface area contributed by atoms with Gasteiger partial charge < -0.3 is 4.79 Å². The van der Waals surface area contributed by atoms with Crippen molar-refractivity contribution < 1.29 is 4.79 Å². The summed E-state index contributed by atoms with van der Waals surface area (Å²) in [5, 5.41) is 0. The molecule has 0 heterocycles. The third-order valence-corrected chi connectivity index (χ3v) is 1.33. The summed E-state index contributed by atoms with van der Waals surface area (Å²) in [5.74, 6) is 5.53. The summed E-state index contributed by atoms with van der Waals surface area (Å²) in [7, 11) is 0. The number of carbonyl (C=O) groups excluding carboxylic acids is 1. The standard InChI is InChI=1S/C11H14O/c1-2-3-4-5-6-7-8-9-10-11-12/h2,5-6,11H,1,7-10H2. The molecule has 0 fully saturated rings. The van der Waals surface area contributed by atoms with Crippen LogP contribution in [0.15, 0.2) is 24.8 Å². The molecule has 0 saturated carbocycles. The monoisotopic (exact) mass is 162 g/mol. The number of carbonyl (C=O) groups is 1. The summed E-state index contributed by atoms with van der Waals surface area (Å²) in [6, 6.07) is 0. The molecule has 0 aliphatic heterocycles. The van der Waals surface area contributed by atoms with Gasteiger partial charge in [0, 0.05) is 6.42 Å². The Kier molecular flexibility index (Phi) is 8.67. The highest BCUT2D eigenvalue weighted by Crippen LogP contribution is 1.98. The summed E-state index contributed by atoms with van der Waals surface area (Å²) < 4.78 is 0. The Morgan fingerprint density at radius 2 is 1.92 bits per heavy atom. The number of aldehydes is 1. The van der Waals surface area contributed by atoms with E-state index < -0.39 is 0 Å². The van der Waals surface area contributed by atoms with E-state index >= 15 is 0 Å². The average molecular weight is 162 g/mol. The molecule has 1 nitrogen and oxygen atoms in total. The second-order valence-electron chi connectivity index (χ2n) is 2.35. The Hall–Kier alpha value is -1.29. The molecule has 0 aliphatic rings. The van der Waals surface area contributed by atoms with Gasteiger partial charge in [0.2, 0.25) is 0 Å². The van der Waals surface area contributed by atoms with Gasteiger partial charge in [0.15, 0.2) is 0 Å². The number of allylic oxidation sites excluding steroid dienone is 3. The summed E-state index contributed by atoms with van der Waals surface area (Å²) in [6.07, 6.45) is 10.1. The molecule has 0 unspecified atom stereocenters. The van der Waals surface area contributed by atoms with Gasteiger partial charge in [-0.15, -0.1) is 0 Å². The lowest BCUT2D eigenvalue weighted by Gasteiger charge is -1.88. The molecular weight excluding hydrogens is 148 g/mol. The van der Waals surface area contributed by atoms with Crippen molar-refractivity contribution in [3.05, 3.63) is 24.8 Å². The maximum atomic E-state index is 9.93. The first-order valence-electron chi connectivity index (χ1n) is 4.12. The minimum absolute atomic E-state index is 0.673. The Morgan fingerprint density at radius 3 is 2.58 bits per heavy atom. The van der Waals surface area contributed by atoms with E-state index in [1.165, 1.54) is 0 Å². The molecule has 0 aromatic carbocycles. The predicted molar refractivity (Wildman–Crippen MR) is 51.6 cm³/mol. The maximum Gasteiger partial charge on any atom is 0.119 e. The molecule has 0 aromatic heterocycles. The van der Waals surface area contributed by atoms with Crippen LogP contribution in [-0.4, -0.2) is 6.29 Å². The highest BCUT2D eigenvalue weighted by atomic mass is 16.1. The van der Waals surface area contributed by atoms with Gasteiger partial charge in [-0.05, 0) is 31.4 Å². The average Bonchev–Trinajstić information content (AvgIpc) is 2.10. The molecule has 0 atom stereocenters. The smallest absolute Gasteiger partial charge is 0.119 e. The topological polar surface area (TPSA) is 17.1 Å². The summed E-state index contributed by atoms with van der Waals surface area (Å²) in [6.45, 7) is 3.47. The third-order valence-electron chi connectivity index (χ3n) is 1.33. The van der Waals surface area contributed by atoms with E-state index in [1.54, 1.807) is 6.08 Å².